The van der Waals surface area contributed by atoms with E-state index in [0.717, 1.165) is 66.2 Å². The molecule has 0 bridgehead atoms. The van der Waals surface area contributed by atoms with Crippen molar-refractivity contribution in [1.29, 1.82) is 0 Å². The lowest BCUT2D eigenvalue weighted by molar-refractivity contribution is 1.26. The molecule has 0 spiro atoms. The molecule has 3 aromatic heterocycles. The van der Waals surface area contributed by atoms with Gasteiger partial charge in [0.1, 0.15) is 4.64 Å². The number of rotatable bonds is 6. The van der Waals surface area contributed by atoms with E-state index in [0.29, 0.717) is 0 Å². The van der Waals surface area contributed by atoms with Crippen LogP contribution in [0.4, 0.5) is 34.1 Å². The molecule has 0 amide bonds. The zero-order valence-corrected chi connectivity index (χ0v) is 30.0. The van der Waals surface area contributed by atoms with Gasteiger partial charge in [-0.15, -0.1) is 0 Å². The van der Waals surface area contributed by atoms with E-state index in [2.05, 4.69) is 213 Å². The molecule has 254 valence electrons. The van der Waals surface area contributed by atoms with Crippen LogP contribution in [0.25, 0.3) is 54.5 Å². The third-order valence-corrected chi connectivity index (χ3v) is 11.2. The Hall–Kier alpha value is -6.95. The highest BCUT2D eigenvalue weighted by Crippen LogP contribution is 2.45. The van der Waals surface area contributed by atoms with Gasteiger partial charge in [0.2, 0.25) is 0 Å². The van der Waals surface area contributed by atoms with Gasteiger partial charge in [-0.1, -0.05) is 109 Å². The van der Waals surface area contributed by atoms with E-state index >= 15 is 0 Å². The SMILES string of the molecule is S=c1c2ccccc2n2c3ccc(N(c4ccccc4)c4ccccc4)cc3c3ccc4c5cc(N(c6ccccc6)c6ccccc6)ccc5n1c4c32. The predicted octanol–water partition coefficient (Wildman–Crippen LogP) is 13.9. The second-order valence-electron chi connectivity index (χ2n) is 13.8. The van der Waals surface area contributed by atoms with Gasteiger partial charge in [0, 0.05) is 61.1 Å². The fourth-order valence-electron chi connectivity index (χ4n) is 8.49. The third kappa shape index (κ3) is 4.52. The highest BCUT2D eigenvalue weighted by atomic mass is 32.1. The Morgan fingerprint density at radius 1 is 0.296 bits per heavy atom. The second-order valence-corrected chi connectivity index (χ2v) is 14.2. The number of hydrogen-bond donors (Lipinski definition) is 0. The maximum absolute atomic E-state index is 6.46. The summed E-state index contributed by atoms with van der Waals surface area (Å²) in [5.41, 5.74) is 12.3. The Labute approximate surface area is 316 Å². The summed E-state index contributed by atoms with van der Waals surface area (Å²) in [5.74, 6) is 0. The van der Waals surface area contributed by atoms with Crippen LogP contribution in [-0.2, 0) is 0 Å². The summed E-state index contributed by atoms with van der Waals surface area (Å²) in [4.78, 5) is 4.66. The summed E-state index contributed by atoms with van der Waals surface area (Å²) in [6, 6.07) is 69.3. The molecule has 3 heterocycles. The Morgan fingerprint density at radius 3 is 1.13 bits per heavy atom. The molecule has 0 aliphatic heterocycles. The van der Waals surface area contributed by atoms with E-state index in [1.165, 1.54) is 27.1 Å². The van der Waals surface area contributed by atoms with Crippen LogP contribution in [0.3, 0.4) is 0 Å². The minimum Gasteiger partial charge on any atom is -0.310 e. The lowest BCUT2D eigenvalue weighted by atomic mass is 10.1. The molecule has 0 radical (unpaired) electrons. The number of nitrogens with zero attached hydrogens (tertiary/aromatic N) is 4. The Kier molecular flexibility index (Phi) is 6.84. The summed E-state index contributed by atoms with van der Waals surface area (Å²) < 4.78 is 5.57. The third-order valence-electron chi connectivity index (χ3n) is 10.8. The smallest absolute Gasteiger partial charge is 0.120 e. The first-order chi connectivity index (χ1) is 26.7. The molecule has 8 aromatic carbocycles. The molecule has 0 atom stereocenters. The summed E-state index contributed by atoms with van der Waals surface area (Å²) in [5, 5.41) is 5.77. The van der Waals surface area contributed by atoms with Crippen molar-refractivity contribution < 1.29 is 0 Å². The van der Waals surface area contributed by atoms with E-state index in [1.54, 1.807) is 0 Å². The van der Waals surface area contributed by atoms with Gasteiger partial charge >= 0.3 is 0 Å². The Bertz CT molecular complexity index is 3150. The standard InChI is InChI=1S/C49H32N4S/c54-49-41-23-13-14-24-44(41)52-45-29-25-37(50(33-15-5-1-6-16-33)34-17-7-2-8-18-34)31-42(45)39-27-28-40-43-32-38(26-30-46(43)53(49)48(40)47(39)52)51(35-19-9-3-10-20-35)36-21-11-4-12-22-36/h1-32H. The number of anilines is 6. The van der Waals surface area contributed by atoms with E-state index in [9.17, 15) is 0 Å². The Balaban J connectivity index is 1.23. The summed E-state index contributed by atoms with van der Waals surface area (Å²) in [6.07, 6.45) is 0. The van der Waals surface area contributed by atoms with Crippen molar-refractivity contribution in [2.75, 3.05) is 9.80 Å². The van der Waals surface area contributed by atoms with Crippen molar-refractivity contribution in [3.8, 4) is 0 Å². The number of aromatic nitrogens is 2. The van der Waals surface area contributed by atoms with Crippen molar-refractivity contribution in [3.05, 3.63) is 199 Å². The molecule has 0 unspecified atom stereocenters. The zero-order chi connectivity index (χ0) is 35.8. The van der Waals surface area contributed by atoms with E-state index < -0.39 is 0 Å². The minimum atomic E-state index is 0.807. The summed E-state index contributed by atoms with van der Waals surface area (Å²) in [6.45, 7) is 0. The van der Waals surface area contributed by atoms with Crippen LogP contribution < -0.4 is 9.80 Å². The average Bonchev–Trinajstić information content (AvgIpc) is 3.71. The number of para-hydroxylation sites is 5. The number of benzene rings is 8. The van der Waals surface area contributed by atoms with Gasteiger partial charge in [-0.2, -0.15) is 0 Å². The lowest BCUT2D eigenvalue weighted by Gasteiger charge is -2.25. The van der Waals surface area contributed by atoms with Crippen LogP contribution in [0.1, 0.15) is 0 Å². The maximum atomic E-state index is 6.46. The molecule has 4 nitrogen and oxygen atoms in total. The van der Waals surface area contributed by atoms with Crippen LogP contribution >= 0.6 is 12.2 Å². The van der Waals surface area contributed by atoms with Crippen LogP contribution in [0.2, 0.25) is 0 Å². The van der Waals surface area contributed by atoms with Crippen molar-refractivity contribution in [3.63, 3.8) is 0 Å². The van der Waals surface area contributed by atoms with E-state index in [4.69, 9.17) is 12.2 Å². The second kappa shape index (κ2) is 12.1. The minimum absolute atomic E-state index is 0.807. The molecule has 0 aliphatic rings. The summed E-state index contributed by atoms with van der Waals surface area (Å²) in [7, 11) is 0. The Morgan fingerprint density at radius 2 is 0.667 bits per heavy atom. The molecule has 0 fully saturated rings. The normalized spacial score (nSPS) is 11.8. The van der Waals surface area contributed by atoms with Crippen LogP contribution in [0.5, 0.6) is 0 Å². The fraction of sp³-hybridized carbons (Fsp3) is 0. The largest absolute Gasteiger partial charge is 0.310 e. The first-order valence-electron chi connectivity index (χ1n) is 18.2. The molecule has 54 heavy (non-hydrogen) atoms. The topological polar surface area (TPSA) is 15.3 Å². The van der Waals surface area contributed by atoms with Gasteiger partial charge in [-0.3, -0.25) is 4.40 Å². The lowest BCUT2D eigenvalue weighted by Crippen LogP contribution is -2.09. The van der Waals surface area contributed by atoms with Crippen LogP contribution in [0, 0.1) is 4.64 Å². The quantitative estimate of drug-likeness (QED) is 0.160. The molecular weight excluding hydrogens is 677 g/mol. The predicted molar refractivity (Wildman–Crippen MR) is 230 cm³/mol. The first kappa shape index (κ1) is 30.7. The fourth-order valence-corrected chi connectivity index (χ4v) is 8.85. The van der Waals surface area contributed by atoms with Crippen molar-refractivity contribution >= 4 is 101 Å². The molecule has 0 aliphatic carbocycles. The van der Waals surface area contributed by atoms with Gasteiger partial charge in [-0.05, 0) is 97.1 Å². The molecule has 0 N–H and O–H groups in total. The molecule has 0 saturated heterocycles. The molecule has 5 heteroatoms. The van der Waals surface area contributed by atoms with Crippen molar-refractivity contribution in [1.82, 2.24) is 8.80 Å². The monoisotopic (exact) mass is 708 g/mol. The van der Waals surface area contributed by atoms with Crippen LogP contribution in [-0.4, -0.2) is 8.80 Å². The zero-order valence-electron chi connectivity index (χ0n) is 29.2. The van der Waals surface area contributed by atoms with E-state index in [1.807, 2.05) is 0 Å². The van der Waals surface area contributed by atoms with Gasteiger partial charge in [0.05, 0.1) is 27.6 Å². The van der Waals surface area contributed by atoms with Crippen LogP contribution in [0.15, 0.2) is 194 Å². The van der Waals surface area contributed by atoms with Gasteiger partial charge in [0.15, 0.2) is 0 Å². The molecule has 11 aromatic rings. The first-order valence-corrected chi connectivity index (χ1v) is 18.7. The van der Waals surface area contributed by atoms with Crippen molar-refractivity contribution in [2.45, 2.75) is 0 Å². The summed E-state index contributed by atoms with van der Waals surface area (Å²) >= 11 is 6.46. The molecular formula is C49H32N4S. The maximum Gasteiger partial charge on any atom is 0.120 e. The van der Waals surface area contributed by atoms with Gasteiger partial charge in [-0.25, -0.2) is 0 Å². The average molecular weight is 709 g/mol. The number of hydrogen-bond acceptors (Lipinski definition) is 3. The highest BCUT2D eigenvalue weighted by molar-refractivity contribution is 7.71. The number of fused-ring (bicyclic) bond motifs is 8. The van der Waals surface area contributed by atoms with Gasteiger partial charge in [0.25, 0.3) is 0 Å². The van der Waals surface area contributed by atoms with Gasteiger partial charge < -0.3 is 14.2 Å². The molecule has 11 rings (SSSR count). The van der Waals surface area contributed by atoms with E-state index in [-0.39, 0.29) is 0 Å². The highest BCUT2D eigenvalue weighted by Gasteiger charge is 2.23. The molecule has 0 saturated carbocycles. The van der Waals surface area contributed by atoms with Crippen molar-refractivity contribution in [2.24, 2.45) is 0 Å².